The maximum atomic E-state index is 13.4. The highest BCUT2D eigenvalue weighted by molar-refractivity contribution is 14.1. The molecule has 174 valence electrons. The van der Waals surface area contributed by atoms with Crippen molar-refractivity contribution in [3.05, 3.63) is 62.1 Å². The van der Waals surface area contributed by atoms with Gasteiger partial charge in [0, 0.05) is 21.1 Å². The van der Waals surface area contributed by atoms with E-state index in [1.165, 1.54) is 4.90 Å². The topological polar surface area (TPSA) is 86.8 Å². The fourth-order valence-corrected chi connectivity index (χ4v) is 4.46. The zero-order valence-corrected chi connectivity index (χ0v) is 22.8. The van der Waals surface area contributed by atoms with Crippen LogP contribution in [0.15, 0.2) is 53.0 Å². The van der Waals surface area contributed by atoms with Crippen LogP contribution >= 0.6 is 38.5 Å². The van der Waals surface area contributed by atoms with E-state index in [0.717, 1.165) is 30.6 Å². The third-order valence-electron chi connectivity index (χ3n) is 4.78. The maximum Gasteiger partial charge on any atom is 0.244 e. The molecule has 0 aromatic heterocycles. The minimum atomic E-state index is -3.72. The molecule has 0 saturated carbocycles. The number of nitrogens with one attached hydrogen (secondary N) is 1. The lowest BCUT2D eigenvalue weighted by Gasteiger charge is -2.31. The van der Waals surface area contributed by atoms with E-state index in [1.807, 2.05) is 31.2 Å². The lowest BCUT2D eigenvalue weighted by atomic mass is 10.1. The van der Waals surface area contributed by atoms with E-state index < -0.39 is 28.5 Å². The molecule has 0 bridgehead atoms. The van der Waals surface area contributed by atoms with Gasteiger partial charge in [-0.05, 0) is 77.9 Å². The van der Waals surface area contributed by atoms with Crippen LogP contribution in [0.5, 0.6) is 0 Å². The highest BCUT2D eigenvalue weighted by Gasteiger charge is 2.29. The second-order valence-electron chi connectivity index (χ2n) is 7.36. The zero-order valence-electron chi connectivity index (χ0n) is 18.2. The third-order valence-corrected chi connectivity index (χ3v) is 7.16. The lowest BCUT2D eigenvalue weighted by molar-refractivity contribution is -0.139. The molecule has 0 heterocycles. The average molecular weight is 636 g/mol. The summed E-state index contributed by atoms with van der Waals surface area (Å²) >= 11 is 5.52. The summed E-state index contributed by atoms with van der Waals surface area (Å²) in [5.74, 6) is -0.742. The van der Waals surface area contributed by atoms with Gasteiger partial charge in [0.25, 0.3) is 0 Å². The van der Waals surface area contributed by atoms with Gasteiger partial charge in [-0.2, -0.15) is 0 Å². The standard InChI is InChI=1S/C22H27BrIN3O4S/c1-4-13-25-22(29)16(2)26(14-17-5-7-18(23)8-6-17)21(28)15-27(32(3,30)31)20-11-9-19(24)10-12-20/h5-12,16H,4,13-15H2,1-3H3,(H,25,29)/t16-/m1/s1. The number of benzene rings is 2. The number of carbonyl (C=O) groups excluding carboxylic acids is 2. The van der Waals surface area contributed by atoms with Crippen molar-refractivity contribution in [2.45, 2.75) is 32.9 Å². The van der Waals surface area contributed by atoms with Crippen LogP contribution < -0.4 is 9.62 Å². The predicted octanol–water partition coefficient (Wildman–Crippen LogP) is 3.76. The summed E-state index contributed by atoms with van der Waals surface area (Å²) in [5, 5.41) is 2.81. The van der Waals surface area contributed by atoms with Crippen molar-refractivity contribution < 1.29 is 18.0 Å². The van der Waals surface area contributed by atoms with Gasteiger partial charge in [-0.15, -0.1) is 0 Å². The number of nitrogens with zero attached hydrogens (tertiary/aromatic N) is 2. The van der Waals surface area contributed by atoms with Gasteiger partial charge >= 0.3 is 0 Å². The van der Waals surface area contributed by atoms with E-state index >= 15 is 0 Å². The van der Waals surface area contributed by atoms with Gasteiger partial charge in [-0.25, -0.2) is 8.42 Å². The Hall–Kier alpha value is -1.66. The minimum Gasteiger partial charge on any atom is -0.354 e. The quantitative estimate of drug-likeness (QED) is 0.403. The maximum absolute atomic E-state index is 13.4. The summed E-state index contributed by atoms with van der Waals surface area (Å²) in [4.78, 5) is 27.4. The molecule has 10 heteroatoms. The summed E-state index contributed by atoms with van der Waals surface area (Å²) in [6.45, 7) is 3.87. The third kappa shape index (κ3) is 7.73. The van der Waals surface area contributed by atoms with Crippen molar-refractivity contribution >= 4 is 66.0 Å². The first-order chi connectivity index (χ1) is 15.0. The Morgan fingerprint density at radius 2 is 1.69 bits per heavy atom. The van der Waals surface area contributed by atoms with Gasteiger partial charge in [-0.1, -0.05) is 35.0 Å². The number of carbonyl (C=O) groups is 2. The summed E-state index contributed by atoms with van der Waals surface area (Å²) in [6.07, 6.45) is 1.84. The molecule has 1 N–H and O–H groups in total. The number of hydrogen-bond acceptors (Lipinski definition) is 4. The second-order valence-corrected chi connectivity index (χ2v) is 11.4. The number of rotatable bonds is 10. The fourth-order valence-electron chi connectivity index (χ4n) is 2.99. The molecule has 0 saturated heterocycles. The Balaban J connectivity index is 2.34. The molecule has 2 rings (SSSR count). The molecule has 32 heavy (non-hydrogen) atoms. The van der Waals surface area contributed by atoms with Crippen molar-refractivity contribution in [3.63, 3.8) is 0 Å². The van der Waals surface area contributed by atoms with Crippen LogP contribution in [0.25, 0.3) is 0 Å². The van der Waals surface area contributed by atoms with E-state index in [2.05, 4.69) is 43.8 Å². The Morgan fingerprint density at radius 3 is 2.22 bits per heavy atom. The molecule has 7 nitrogen and oxygen atoms in total. The Bertz CT molecular complexity index is 1030. The highest BCUT2D eigenvalue weighted by atomic mass is 127. The zero-order chi connectivity index (χ0) is 23.9. The predicted molar refractivity (Wildman–Crippen MR) is 139 cm³/mol. The van der Waals surface area contributed by atoms with Gasteiger partial charge in [0.05, 0.1) is 11.9 Å². The van der Waals surface area contributed by atoms with Gasteiger partial charge in [0.2, 0.25) is 21.8 Å². The molecule has 0 aliphatic rings. The van der Waals surface area contributed by atoms with E-state index in [0.29, 0.717) is 12.2 Å². The van der Waals surface area contributed by atoms with Crippen LogP contribution in [0, 0.1) is 3.57 Å². The first-order valence-corrected chi connectivity index (χ1v) is 13.8. The highest BCUT2D eigenvalue weighted by Crippen LogP contribution is 2.21. The second kappa shape index (κ2) is 12.0. The Labute approximate surface area is 211 Å². The largest absolute Gasteiger partial charge is 0.354 e. The van der Waals surface area contributed by atoms with Gasteiger partial charge in [0.1, 0.15) is 12.6 Å². The van der Waals surface area contributed by atoms with Crippen molar-refractivity contribution in [2.75, 3.05) is 23.7 Å². The van der Waals surface area contributed by atoms with Gasteiger partial charge < -0.3 is 10.2 Å². The molecule has 0 fully saturated rings. The van der Waals surface area contributed by atoms with E-state index in [1.54, 1.807) is 31.2 Å². The van der Waals surface area contributed by atoms with Gasteiger partial charge in [0.15, 0.2) is 0 Å². The monoisotopic (exact) mass is 635 g/mol. The van der Waals surface area contributed by atoms with Crippen molar-refractivity contribution in [1.82, 2.24) is 10.2 Å². The Kier molecular flexibility index (Phi) is 9.96. The normalized spacial score (nSPS) is 12.2. The lowest BCUT2D eigenvalue weighted by Crippen LogP contribution is -2.51. The number of amides is 2. The van der Waals surface area contributed by atoms with E-state index in [-0.39, 0.29) is 12.5 Å². The molecule has 1 atom stereocenters. The molecular weight excluding hydrogens is 609 g/mol. The SMILES string of the molecule is CCCNC(=O)[C@@H](C)N(Cc1ccc(Br)cc1)C(=O)CN(c1ccc(I)cc1)S(C)(=O)=O. The van der Waals surface area contributed by atoms with Crippen molar-refractivity contribution in [2.24, 2.45) is 0 Å². The summed E-state index contributed by atoms with van der Waals surface area (Å²) < 4.78 is 27.9. The van der Waals surface area contributed by atoms with Crippen LogP contribution in [-0.2, 0) is 26.2 Å². The van der Waals surface area contributed by atoms with Crippen LogP contribution in [0.1, 0.15) is 25.8 Å². The number of anilines is 1. The molecule has 0 spiro atoms. The number of hydrogen-bond donors (Lipinski definition) is 1. The van der Waals surface area contributed by atoms with Crippen LogP contribution in [0.2, 0.25) is 0 Å². The first-order valence-electron chi connectivity index (χ1n) is 10.1. The first kappa shape index (κ1) is 26.6. The van der Waals surface area contributed by atoms with Crippen LogP contribution in [0.4, 0.5) is 5.69 Å². The van der Waals surface area contributed by atoms with E-state index in [9.17, 15) is 18.0 Å². The average Bonchev–Trinajstić information content (AvgIpc) is 2.74. The van der Waals surface area contributed by atoms with Crippen LogP contribution in [0.3, 0.4) is 0 Å². The fraction of sp³-hybridized carbons (Fsp3) is 0.364. The molecule has 0 aliphatic carbocycles. The molecule has 0 radical (unpaired) electrons. The number of sulfonamides is 1. The van der Waals surface area contributed by atoms with Crippen LogP contribution in [-0.4, -0.2) is 50.5 Å². The summed E-state index contributed by atoms with van der Waals surface area (Å²) in [6, 6.07) is 13.5. The molecule has 2 aromatic carbocycles. The smallest absolute Gasteiger partial charge is 0.244 e. The molecule has 2 aromatic rings. The minimum absolute atomic E-state index is 0.178. The molecular formula is C22H27BrIN3O4S. The molecule has 2 amide bonds. The summed E-state index contributed by atoms with van der Waals surface area (Å²) in [5.41, 5.74) is 1.23. The molecule has 0 aliphatic heterocycles. The van der Waals surface area contributed by atoms with Crippen molar-refractivity contribution in [1.29, 1.82) is 0 Å². The summed E-state index contributed by atoms with van der Waals surface area (Å²) in [7, 11) is -3.72. The van der Waals surface area contributed by atoms with Gasteiger partial charge in [-0.3, -0.25) is 13.9 Å². The van der Waals surface area contributed by atoms with E-state index in [4.69, 9.17) is 0 Å². The van der Waals surface area contributed by atoms with Crippen molar-refractivity contribution in [3.8, 4) is 0 Å². The Morgan fingerprint density at radius 1 is 1.09 bits per heavy atom. The number of halogens is 2. The molecule has 0 unspecified atom stereocenters.